The fourth-order valence-electron chi connectivity index (χ4n) is 1.63. The minimum atomic E-state index is -1.04. The Bertz CT molecular complexity index is 543. The summed E-state index contributed by atoms with van der Waals surface area (Å²) < 4.78 is 5.19. The number of carboxylic acid groups (broad SMARTS) is 1. The van der Waals surface area contributed by atoms with Crippen LogP contribution in [0.2, 0.25) is 0 Å². The lowest BCUT2D eigenvalue weighted by Crippen LogP contribution is -2.21. The van der Waals surface area contributed by atoms with Gasteiger partial charge < -0.3 is 14.8 Å². The van der Waals surface area contributed by atoms with Crippen LogP contribution in [-0.2, 0) is 6.54 Å². The zero-order chi connectivity index (χ0) is 12.4. The summed E-state index contributed by atoms with van der Waals surface area (Å²) in [5, 5.41) is 13.0. The van der Waals surface area contributed by atoms with E-state index in [2.05, 4.69) is 19.2 Å². The molecule has 17 heavy (non-hydrogen) atoms. The number of benzene rings is 1. The number of fused-ring (bicyclic) bond motifs is 1. The summed E-state index contributed by atoms with van der Waals surface area (Å²) in [6, 6.07) is 7.66. The van der Waals surface area contributed by atoms with E-state index in [1.165, 1.54) is 0 Å². The normalized spacial score (nSPS) is 11.2. The number of hydrogen-bond acceptors (Lipinski definition) is 3. The van der Waals surface area contributed by atoms with Gasteiger partial charge in [0, 0.05) is 18.0 Å². The van der Waals surface area contributed by atoms with Crippen molar-refractivity contribution in [3.8, 4) is 0 Å². The fourth-order valence-corrected chi connectivity index (χ4v) is 1.63. The molecule has 4 heteroatoms. The zero-order valence-electron chi connectivity index (χ0n) is 9.86. The third-order valence-corrected chi connectivity index (χ3v) is 2.51. The second kappa shape index (κ2) is 4.59. The van der Waals surface area contributed by atoms with Gasteiger partial charge in [0.15, 0.2) is 0 Å². The van der Waals surface area contributed by atoms with Crippen LogP contribution >= 0.6 is 0 Å². The summed E-state index contributed by atoms with van der Waals surface area (Å²) in [5.74, 6) is -1.06. The van der Waals surface area contributed by atoms with Gasteiger partial charge in [-0.25, -0.2) is 4.79 Å². The van der Waals surface area contributed by atoms with Crippen LogP contribution in [0.5, 0.6) is 0 Å². The monoisotopic (exact) mass is 233 g/mol. The molecule has 0 aliphatic carbocycles. The molecule has 0 spiro atoms. The number of aromatic carboxylic acids is 1. The van der Waals surface area contributed by atoms with E-state index in [4.69, 9.17) is 9.52 Å². The first kappa shape index (κ1) is 11.7. The maximum atomic E-state index is 10.8. The number of rotatable bonds is 4. The van der Waals surface area contributed by atoms with Crippen molar-refractivity contribution in [2.24, 2.45) is 0 Å². The van der Waals surface area contributed by atoms with Crippen LogP contribution < -0.4 is 5.32 Å². The third kappa shape index (κ3) is 2.65. The highest BCUT2D eigenvalue weighted by Crippen LogP contribution is 2.20. The predicted molar refractivity (Wildman–Crippen MR) is 65.1 cm³/mol. The number of carboxylic acids is 1. The highest BCUT2D eigenvalue weighted by Gasteiger charge is 2.10. The van der Waals surface area contributed by atoms with E-state index in [1.807, 2.05) is 12.1 Å². The van der Waals surface area contributed by atoms with E-state index in [1.54, 1.807) is 12.1 Å². The Kier molecular flexibility index (Phi) is 3.15. The van der Waals surface area contributed by atoms with Crippen LogP contribution in [0, 0.1) is 0 Å². The highest BCUT2D eigenvalue weighted by atomic mass is 16.4. The van der Waals surface area contributed by atoms with Gasteiger partial charge in [0.2, 0.25) is 5.76 Å². The van der Waals surface area contributed by atoms with Crippen LogP contribution in [0.15, 0.2) is 28.7 Å². The molecule has 0 amide bonds. The highest BCUT2D eigenvalue weighted by molar-refractivity contribution is 5.91. The molecule has 0 unspecified atom stereocenters. The van der Waals surface area contributed by atoms with Gasteiger partial charge in [0.25, 0.3) is 0 Å². The van der Waals surface area contributed by atoms with Crippen molar-refractivity contribution in [2.75, 3.05) is 0 Å². The van der Waals surface area contributed by atoms with Gasteiger partial charge in [-0.3, -0.25) is 0 Å². The predicted octanol–water partition coefficient (Wildman–Crippen LogP) is 2.63. The van der Waals surface area contributed by atoms with Crippen LogP contribution in [0.3, 0.4) is 0 Å². The molecule has 2 aromatic rings. The molecule has 1 aromatic heterocycles. The molecule has 0 atom stereocenters. The van der Waals surface area contributed by atoms with Crippen molar-refractivity contribution < 1.29 is 14.3 Å². The van der Waals surface area contributed by atoms with Crippen molar-refractivity contribution in [3.05, 3.63) is 35.6 Å². The van der Waals surface area contributed by atoms with E-state index in [9.17, 15) is 4.79 Å². The minimum Gasteiger partial charge on any atom is -0.475 e. The van der Waals surface area contributed by atoms with Crippen molar-refractivity contribution >= 4 is 16.9 Å². The Hall–Kier alpha value is -1.81. The Labute approximate surface area is 99.2 Å². The fraction of sp³-hybridized carbons (Fsp3) is 0.308. The third-order valence-electron chi connectivity index (χ3n) is 2.51. The molecule has 0 saturated heterocycles. The van der Waals surface area contributed by atoms with E-state index in [0.717, 1.165) is 17.5 Å². The minimum absolute atomic E-state index is 0.0195. The van der Waals surface area contributed by atoms with Crippen LogP contribution in [0.25, 0.3) is 11.0 Å². The molecule has 0 saturated carbocycles. The maximum absolute atomic E-state index is 10.8. The average Bonchev–Trinajstić information content (AvgIpc) is 2.69. The van der Waals surface area contributed by atoms with E-state index in [-0.39, 0.29) is 5.76 Å². The van der Waals surface area contributed by atoms with Gasteiger partial charge in [-0.1, -0.05) is 19.9 Å². The SMILES string of the molecule is CC(C)NCc1ccc2oc(C(=O)O)cc2c1. The largest absolute Gasteiger partial charge is 0.475 e. The topological polar surface area (TPSA) is 62.5 Å². The summed E-state index contributed by atoms with van der Waals surface area (Å²) in [5.41, 5.74) is 1.72. The lowest BCUT2D eigenvalue weighted by atomic mass is 10.1. The maximum Gasteiger partial charge on any atom is 0.371 e. The molecule has 0 fully saturated rings. The number of furan rings is 1. The Morgan fingerprint density at radius 1 is 1.41 bits per heavy atom. The Balaban J connectivity index is 2.27. The zero-order valence-corrected chi connectivity index (χ0v) is 9.86. The average molecular weight is 233 g/mol. The first-order valence-electron chi connectivity index (χ1n) is 5.55. The standard InChI is InChI=1S/C13H15NO3/c1-8(2)14-7-9-3-4-11-10(5-9)6-12(17-11)13(15)16/h3-6,8,14H,7H2,1-2H3,(H,15,16). The smallest absolute Gasteiger partial charge is 0.371 e. The van der Waals surface area contributed by atoms with Gasteiger partial charge in [-0.2, -0.15) is 0 Å². The molecule has 4 nitrogen and oxygen atoms in total. The molecule has 0 aliphatic rings. The second-order valence-corrected chi connectivity index (χ2v) is 4.32. The summed E-state index contributed by atoms with van der Waals surface area (Å²) in [7, 11) is 0. The van der Waals surface area contributed by atoms with Crippen LogP contribution in [0.1, 0.15) is 30.0 Å². The molecular formula is C13H15NO3. The van der Waals surface area contributed by atoms with Gasteiger partial charge in [-0.15, -0.1) is 0 Å². The number of carbonyl (C=O) groups is 1. The van der Waals surface area contributed by atoms with Crippen LogP contribution in [0.4, 0.5) is 0 Å². The van der Waals surface area contributed by atoms with Crippen LogP contribution in [-0.4, -0.2) is 17.1 Å². The molecule has 0 aliphatic heterocycles. The summed E-state index contributed by atoms with van der Waals surface area (Å²) in [4.78, 5) is 10.8. The van der Waals surface area contributed by atoms with Gasteiger partial charge in [-0.05, 0) is 23.8 Å². The molecule has 90 valence electrons. The van der Waals surface area contributed by atoms with Crippen molar-refractivity contribution in [1.29, 1.82) is 0 Å². The second-order valence-electron chi connectivity index (χ2n) is 4.32. The quantitative estimate of drug-likeness (QED) is 0.852. The summed E-state index contributed by atoms with van der Waals surface area (Å²) >= 11 is 0. The summed E-state index contributed by atoms with van der Waals surface area (Å²) in [6.45, 7) is 4.93. The molecule has 2 N–H and O–H groups in total. The molecule has 2 rings (SSSR count). The lowest BCUT2D eigenvalue weighted by molar-refractivity contribution is 0.0665. The van der Waals surface area contributed by atoms with Gasteiger partial charge in [0.05, 0.1) is 0 Å². The molecule has 0 radical (unpaired) electrons. The molecule has 0 bridgehead atoms. The van der Waals surface area contributed by atoms with E-state index in [0.29, 0.717) is 11.6 Å². The number of hydrogen-bond donors (Lipinski definition) is 2. The molecule has 1 heterocycles. The van der Waals surface area contributed by atoms with Gasteiger partial charge in [0.1, 0.15) is 5.58 Å². The van der Waals surface area contributed by atoms with E-state index < -0.39 is 5.97 Å². The van der Waals surface area contributed by atoms with Crippen molar-refractivity contribution in [1.82, 2.24) is 5.32 Å². The number of nitrogens with one attached hydrogen (secondary N) is 1. The summed E-state index contributed by atoms with van der Waals surface area (Å²) in [6.07, 6.45) is 0. The lowest BCUT2D eigenvalue weighted by Gasteiger charge is -2.07. The molecule has 1 aromatic carbocycles. The van der Waals surface area contributed by atoms with Gasteiger partial charge >= 0.3 is 5.97 Å². The van der Waals surface area contributed by atoms with Crippen molar-refractivity contribution in [3.63, 3.8) is 0 Å². The first-order valence-corrected chi connectivity index (χ1v) is 5.55. The first-order chi connectivity index (χ1) is 8.06. The Morgan fingerprint density at radius 3 is 2.82 bits per heavy atom. The van der Waals surface area contributed by atoms with Crippen molar-refractivity contribution in [2.45, 2.75) is 26.4 Å². The Morgan fingerprint density at radius 2 is 2.18 bits per heavy atom. The van der Waals surface area contributed by atoms with E-state index >= 15 is 0 Å². The molecular weight excluding hydrogens is 218 g/mol.